The minimum absolute atomic E-state index is 0.0116. The van der Waals surface area contributed by atoms with Crippen molar-refractivity contribution < 1.29 is 24.0 Å². The van der Waals surface area contributed by atoms with Crippen molar-refractivity contribution >= 4 is 29.2 Å². The number of hydrogen-bond donors (Lipinski definition) is 3. The smallest absolute Gasteiger partial charge is 0.414 e. The molecule has 1 aromatic carbocycles. The second kappa shape index (κ2) is 11.2. The Labute approximate surface area is 168 Å². The third-order valence-corrected chi connectivity index (χ3v) is 5.04. The van der Waals surface area contributed by atoms with Crippen LogP contribution in [0.1, 0.15) is 30.3 Å². The highest BCUT2D eigenvalue weighted by Gasteiger charge is 2.22. The molecule has 7 nitrogen and oxygen atoms in total. The highest BCUT2D eigenvalue weighted by atomic mass is 32.1. The van der Waals surface area contributed by atoms with Crippen LogP contribution in [-0.2, 0) is 14.3 Å². The van der Waals surface area contributed by atoms with Crippen LogP contribution < -0.4 is 15.5 Å². The predicted molar refractivity (Wildman–Crippen MR) is 107 cm³/mol. The fraction of sp³-hybridized carbons (Fsp3) is 0.350. The number of benzene rings is 1. The summed E-state index contributed by atoms with van der Waals surface area (Å²) < 4.78 is 4.69. The molecule has 2 rings (SSSR count). The van der Waals surface area contributed by atoms with Crippen LogP contribution in [0, 0.1) is 0 Å². The van der Waals surface area contributed by atoms with E-state index < -0.39 is 12.0 Å². The molecule has 3 N–H and O–H groups in total. The third-order valence-electron chi connectivity index (χ3n) is 4.10. The number of ether oxygens (including phenoxy) is 1. The zero-order chi connectivity index (χ0) is 20.4. The van der Waals surface area contributed by atoms with Crippen LogP contribution >= 0.6 is 11.3 Å². The van der Waals surface area contributed by atoms with E-state index in [-0.39, 0.29) is 31.6 Å². The van der Waals surface area contributed by atoms with E-state index in [1.54, 1.807) is 18.3 Å². The SMILES string of the molecule is CCOC(=O)NC(=O)C[NH+](CC)CC(=O)N[C@H](c1ccccc1)c1cccs1. The molecule has 0 radical (unpaired) electrons. The molecule has 28 heavy (non-hydrogen) atoms. The number of alkyl carbamates (subject to hydrolysis) is 1. The fourth-order valence-corrected chi connectivity index (χ4v) is 3.53. The molecule has 0 fully saturated rings. The Kier molecular flexibility index (Phi) is 8.64. The topological polar surface area (TPSA) is 88.9 Å². The Bertz CT molecular complexity index is 765. The number of nitrogens with one attached hydrogen (secondary N) is 3. The van der Waals surface area contributed by atoms with E-state index in [1.165, 1.54) is 0 Å². The van der Waals surface area contributed by atoms with Gasteiger partial charge in [-0.3, -0.25) is 14.9 Å². The first-order valence-electron chi connectivity index (χ1n) is 9.21. The first kappa shape index (κ1) is 21.6. The van der Waals surface area contributed by atoms with Gasteiger partial charge in [-0.05, 0) is 30.9 Å². The first-order chi connectivity index (χ1) is 13.5. The average molecular weight is 405 g/mol. The van der Waals surface area contributed by atoms with Crippen molar-refractivity contribution in [1.29, 1.82) is 0 Å². The van der Waals surface area contributed by atoms with Gasteiger partial charge in [0.15, 0.2) is 13.1 Å². The molecule has 1 aromatic heterocycles. The van der Waals surface area contributed by atoms with Crippen LogP contribution in [-0.4, -0.2) is 44.1 Å². The molecule has 1 heterocycles. The number of likely N-dealkylation sites (N-methyl/N-ethyl adjacent to an activating group) is 1. The van der Waals surface area contributed by atoms with Crippen molar-refractivity contribution in [2.24, 2.45) is 0 Å². The summed E-state index contributed by atoms with van der Waals surface area (Å²) in [7, 11) is 0. The highest BCUT2D eigenvalue weighted by Crippen LogP contribution is 2.25. The van der Waals surface area contributed by atoms with Gasteiger partial charge in [0.2, 0.25) is 0 Å². The summed E-state index contributed by atoms with van der Waals surface area (Å²) in [5, 5.41) is 7.19. The average Bonchev–Trinajstić information content (AvgIpc) is 3.20. The summed E-state index contributed by atoms with van der Waals surface area (Å²) in [6.45, 7) is 4.44. The van der Waals surface area contributed by atoms with Gasteiger partial charge in [-0.15, -0.1) is 11.3 Å². The van der Waals surface area contributed by atoms with Crippen LogP contribution in [0.5, 0.6) is 0 Å². The van der Waals surface area contributed by atoms with Crippen LogP contribution in [0.15, 0.2) is 47.8 Å². The molecule has 0 aliphatic heterocycles. The van der Waals surface area contributed by atoms with Gasteiger partial charge in [0, 0.05) is 4.88 Å². The van der Waals surface area contributed by atoms with Gasteiger partial charge in [0.05, 0.1) is 19.2 Å². The van der Waals surface area contributed by atoms with E-state index in [2.05, 4.69) is 10.6 Å². The molecule has 0 spiro atoms. The lowest BCUT2D eigenvalue weighted by atomic mass is 10.1. The zero-order valence-corrected chi connectivity index (χ0v) is 16.9. The number of hydrogen-bond acceptors (Lipinski definition) is 5. The van der Waals surface area contributed by atoms with Crippen LogP contribution in [0.2, 0.25) is 0 Å². The largest absolute Gasteiger partial charge is 0.450 e. The number of imide groups is 1. The highest BCUT2D eigenvalue weighted by molar-refractivity contribution is 7.10. The lowest BCUT2D eigenvalue weighted by Gasteiger charge is -2.21. The Balaban J connectivity index is 1.97. The van der Waals surface area contributed by atoms with Gasteiger partial charge in [0.25, 0.3) is 11.8 Å². The van der Waals surface area contributed by atoms with Crippen molar-refractivity contribution in [2.75, 3.05) is 26.2 Å². The van der Waals surface area contributed by atoms with E-state index in [4.69, 9.17) is 4.74 Å². The van der Waals surface area contributed by atoms with Gasteiger partial charge in [-0.25, -0.2) is 4.79 Å². The Morgan fingerprint density at radius 2 is 1.75 bits per heavy atom. The van der Waals surface area contributed by atoms with Gasteiger partial charge in [-0.2, -0.15) is 0 Å². The Morgan fingerprint density at radius 3 is 2.36 bits per heavy atom. The van der Waals surface area contributed by atoms with Crippen LogP contribution in [0.4, 0.5) is 4.79 Å². The van der Waals surface area contributed by atoms with Crippen molar-refractivity contribution in [1.82, 2.24) is 10.6 Å². The molecular formula is C20H26N3O4S+. The first-order valence-corrected chi connectivity index (χ1v) is 10.1. The molecule has 2 aromatic rings. The number of thiophene rings is 1. The predicted octanol–water partition coefficient (Wildman–Crippen LogP) is 1.13. The van der Waals surface area contributed by atoms with E-state index in [0.29, 0.717) is 6.54 Å². The lowest BCUT2D eigenvalue weighted by molar-refractivity contribution is -0.881. The third kappa shape index (κ3) is 6.79. The number of quaternary nitrogens is 1. The van der Waals surface area contributed by atoms with Crippen molar-refractivity contribution in [3.63, 3.8) is 0 Å². The number of carbonyl (C=O) groups is 3. The molecule has 3 amide bonds. The van der Waals surface area contributed by atoms with Crippen molar-refractivity contribution in [2.45, 2.75) is 19.9 Å². The van der Waals surface area contributed by atoms with Gasteiger partial charge >= 0.3 is 6.09 Å². The Hall–Kier alpha value is -2.71. The summed E-state index contributed by atoms with van der Waals surface area (Å²) >= 11 is 1.58. The molecule has 8 heteroatoms. The second-order valence-electron chi connectivity index (χ2n) is 6.15. The summed E-state index contributed by atoms with van der Waals surface area (Å²) in [5.41, 5.74) is 0.997. The number of carbonyl (C=O) groups excluding carboxylic acids is 3. The number of amides is 3. The molecule has 0 aliphatic rings. The monoisotopic (exact) mass is 404 g/mol. The van der Waals surface area contributed by atoms with E-state index in [1.807, 2.05) is 54.8 Å². The minimum atomic E-state index is -0.769. The molecule has 0 aliphatic carbocycles. The summed E-state index contributed by atoms with van der Waals surface area (Å²) in [4.78, 5) is 37.7. The lowest BCUT2D eigenvalue weighted by Crippen LogP contribution is -3.14. The maximum atomic E-state index is 12.6. The quantitative estimate of drug-likeness (QED) is 0.585. The van der Waals surface area contributed by atoms with Crippen LogP contribution in [0.3, 0.4) is 0 Å². The molecule has 2 atom stereocenters. The molecule has 0 saturated carbocycles. The number of rotatable bonds is 9. The summed E-state index contributed by atoms with van der Waals surface area (Å²) in [6, 6.07) is 13.5. The van der Waals surface area contributed by atoms with E-state index >= 15 is 0 Å². The molecular weight excluding hydrogens is 378 g/mol. The molecule has 150 valence electrons. The van der Waals surface area contributed by atoms with Crippen molar-refractivity contribution in [3.8, 4) is 0 Å². The fourth-order valence-electron chi connectivity index (χ4n) is 2.72. The minimum Gasteiger partial charge on any atom is -0.450 e. The van der Waals surface area contributed by atoms with Gasteiger partial charge in [0.1, 0.15) is 0 Å². The Morgan fingerprint density at radius 1 is 1.04 bits per heavy atom. The molecule has 0 bridgehead atoms. The molecule has 1 unspecified atom stereocenters. The maximum absolute atomic E-state index is 12.6. The van der Waals surface area contributed by atoms with Gasteiger partial charge in [-0.1, -0.05) is 36.4 Å². The van der Waals surface area contributed by atoms with Crippen LogP contribution in [0.25, 0.3) is 0 Å². The van der Waals surface area contributed by atoms with E-state index in [0.717, 1.165) is 15.3 Å². The summed E-state index contributed by atoms with van der Waals surface area (Å²) in [5.74, 6) is -0.635. The molecule has 0 saturated heterocycles. The van der Waals surface area contributed by atoms with Gasteiger partial charge < -0.3 is 15.0 Å². The standard InChI is InChI=1S/C20H25N3O4S/c1-3-23(14-18(25)22-20(26)27-4-2)13-17(24)21-19(16-11-8-12-28-16)15-9-6-5-7-10-15/h5-12,19H,3-4,13-14H2,1-2H3,(H,21,24)(H,22,25,26)/p+1/t19-/m1/s1. The maximum Gasteiger partial charge on any atom is 0.414 e. The summed E-state index contributed by atoms with van der Waals surface area (Å²) in [6.07, 6.45) is -0.769. The second-order valence-corrected chi connectivity index (χ2v) is 7.13. The zero-order valence-electron chi connectivity index (χ0n) is 16.1. The van der Waals surface area contributed by atoms with E-state index in [9.17, 15) is 14.4 Å². The van der Waals surface area contributed by atoms with Crippen molar-refractivity contribution in [3.05, 3.63) is 58.3 Å². The normalized spacial score (nSPS) is 12.6.